The Morgan fingerprint density at radius 2 is 2.00 bits per heavy atom. The lowest BCUT2D eigenvalue weighted by Crippen LogP contribution is -2.61. The number of hydrogen-bond donors (Lipinski definition) is 1. The second-order valence-corrected chi connectivity index (χ2v) is 8.99. The van der Waals surface area contributed by atoms with Crippen LogP contribution in [-0.4, -0.2) is 42.0 Å². The van der Waals surface area contributed by atoms with Crippen molar-refractivity contribution in [3.05, 3.63) is 59.2 Å². The third kappa shape index (κ3) is 3.05. The molecule has 2 aromatic rings. The number of phenolic OH excluding ortho intramolecular Hbond substituents is 1. The highest BCUT2D eigenvalue weighted by atomic mass is 16.5. The van der Waals surface area contributed by atoms with Gasteiger partial charge >= 0.3 is 0 Å². The first-order valence-electron chi connectivity index (χ1n) is 10.8. The average molecular weight is 392 g/mol. The molecule has 2 aliphatic carbocycles. The van der Waals surface area contributed by atoms with Crippen LogP contribution in [-0.2, 0) is 11.8 Å². The number of aromatic hydroxyl groups is 1. The Labute approximate surface area is 172 Å². The third-order valence-corrected chi connectivity index (χ3v) is 7.69. The number of piperidine rings is 1. The van der Waals surface area contributed by atoms with Crippen molar-refractivity contribution in [3.63, 3.8) is 0 Å². The molecule has 4 nitrogen and oxygen atoms in total. The van der Waals surface area contributed by atoms with Gasteiger partial charge in [-0.1, -0.05) is 18.9 Å². The number of methoxy groups -OCH3 is 1. The largest absolute Gasteiger partial charge is 0.508 e. The molecule has 29 heavy (non-hydrogen) atoms. The Balaban J connectivity index is 1.43. The summed E-state index contributed by atoms with van der Waals surface area (Å²) in [7, 11) is 1.64. The minimum atomic E-state index is 0.187. The number of carbonyl (C=O) groups excluding carboxylic acids is 1. The molecule has 3 atom stereocenters. The predicted molar refractivity (Wildman–Crippen MR) is 113 cm³/mol. The fourth-order valence-electron chi connectivity index (χ4n) is 6.32. The van der Waals surface area contributed by atoms with E-state index in [-0.39, 0.29) is 11.2 Å². The molecule has 0 spiro atoms. The molecule has 0 amide bonds. The number of hydrogen-bond acceptors (Lipinski definition) is 4. The van der Waals surface area contributed by atoms with Crippen LogP contribution < -0.4 is 4.74 Å². The van der Waals surface area contributed by atoms with Crippen molar-refractivity contribution in [1.29, 1.82) is 0 Å². The topological polar surface area (TPSA) is 49.8 Å². The van der Waals surface area contributed by atoms with E-state index in [2.05, 4.69) is 11.0 Å². The molecule has 2 bridgehead atoms. The second kappa shape index (κ2) is 7.17. The molecule has 5 rings (SSSR count). The highest BCUT2D eigenvalue weighted by Crippen LogP contribution is 2.56. The van der Waals surface area contributed by atoms with E-state index in [1.165, 1.54) is 36.8 Å². The SMILES string of the molecule is COc1ccc(C(=O)CN2CC[C@]34CCCC[C@H]3[C@H]2Cc2ccc(O)cc24)cc1. The lowest BCUT2D eigenvalue weighted by Gasteiger charge is -2.59. The first kappa shape index (κ1) is 18.7. The molecule has 152 valence electrons. The van der Waals surface area contributed by atoms with Crippen molar-refractivity contribution in [2.75, 3.05) is 20.2 Å². The van der Waals surface area contributed by atoms with E-state index in [1.54, 1.807) is 7.11 Å². The summed E-state index contributed by atoms with van der Waals surface area (Å²) >= 11 is 0. The van der Waals surface area contributed by atoms with Gasteiger partial charge in [-0.05, 0) is 85.7 Å². The predicted octanol–water partition coefficient (Wildman–Crippen LogP) is 4.34. The number of likely N-dealkylation sites (tertiary alicyclic amines) is 1. The van der Waals surface area contributed by atoms with Crippen molar-refractivity contribution < 1.29 is 14.6 Å². The summed E-state index contributed by atoms with van der Waals surface area (Å²) in [6, 6.07) is 13.8. The molecule has 1 N–H and O–H groups in total. The molecule has 1 saturated carbocycles. The van der Waals surface area contributed by atoms with Crippen molar-refractivity contribution in [1.82, 2.24) is 4.90 Å². The van der Waals surface area contributed by atoms with Crippen LogP contribution >= 0.6 is 0 Å². The summed E-state index contributed by atoms with van der Waals surface area (Å²) in [5, 5.41) is 10.1. The number of ketones is 1. The molecule has 0 radical (unpaired) electrons. The second-order valence-electron chi connectivity index (χ2n) is 8.99. The van der Waals surface area contributed by atoms with Crippen LogP contribution in [0.4, 0.5) is 0 Å². The molecular weight excluding hydrogens is 362 g/mol. The number of Topliss-reactive ketones (excluding diaryl/α,β-unsaturated/α-hetero) is 1. The van der Waals surface area contributed by atoms with Gasteiger partial charge in [0, 0.05) is 17.0 Å². The number of rotatable bonds is 4. The highest BCUT2D eigenvalue weighted by Gasteiger charge is 2.53. The summed E-state index contributed by atoms with van der Waals surface area (Å²) in [5.74, 6) is 1.94. The zero-order valence-corrected chi connectivity index (χ0v) is 17.1. The zero-order chi connectivity index (χ0) is 20.0. The molecule has 0 unspecified atom stereocenters. The number of carbonyl (C=O) groups is 1. The Hall–Kier alpha value is -2.33. The van der Waals surface area contributed by atoms with Gasteiger partial charge in [-0.3, -0.25) is 9.69 Å². The van der Waals surface area contributed by atoms with Crippen LogP contribution in [0.25, 0.3) is 0 Å². The molecule has 1 aliphatic heterocycles. The van der Waals surface area contributed by atoms with E-state index in [4.69, 9.17) is 4.74 Å². The van der Waals surface area contributed by atoms with E-state index >= 15 is 0 Å². The highest BCUT2D eigenvalue weighted by molar-refractivity contribution is 5.97. The molecule has 1 saturated heterocycles. The Morgan fingerprint density at radius 3 is 2.79 bits per heavy atom. The van der Waals surface area contributed by atoms with E-state index in [0.717, 1.165) is 30.7 Å². The summed E-state index contributed by atoms with van der Waals surface area (Å²) in [6.45, 7) is 1.44. The maximum absolute atomic E-state index is 13.0. The van der Waals surface area contributed by atoms with Gasteiger partial charge in [-0.15, -0.1) is 0 Å². The molecule has 3 aliphatic rings. The summed E-state index contributed by atoms with van der Waals surface area (Å²) in [6.07, 6.45) is 7.05. The van der Waals surface area contributed by atoms with E-state index < -0.39 is 0 Å². The number of phenols is 1. The van der Waals surface area contributed by atoms with Gasteiger partial charge in [0.2, 0.25) is 0 Å². The van der Waals surface area contributed by atoms with E-state index in [1.807, 2.05) is 36.4 Å². The Kier molecular flexibility index (Phi) is 4.62. The standard InChI is InChI=1S/C25H29NO3/c1-29-20-9-6-17(7-10-20)24(28)16-26-13-12-25-11-3-2-4-21(25)23(26)14-18-5-8-19(27)15-22(18)25/h5-10,15,21,23,27H,2-4,11-14,16H2,1H3/t21-,23+,25+/m0/s1. The third-order valence-electron chi connectivity index (χ3n) is 7.69. The smallest absolute Gasteiger partial charge is 0.176 e. The quantitative estimate of drug-likeness (QED) is 0.788. The van der Waals surface area contributed by atoms with Gasteiger partial charge in [0.15, 0.2) is 5.78 Å². The van der Waals surface area contributed by atoms with Crippen molar-refractivity contribution in [2.24, 2.45) is 5.92 Å². The van der Waals surface area contributed by atoms with Gasteiger partial charge in [0.1, 0.15) is 11.5 Å². The van der Waals surface area contributed by atoms with Crippen molar-refractivity contribution in [3.8, 4) is 11.5 Å². The van der Waals surface area contributed by atoms with Crippen molar-refractivity contribution >= 4 is 5.78 Å². The lowest BCUT2D eigenvalue weighted by atomic mass is 9.52. The number of fused-ring (bicyclic) bond motifs is 1. The summed E-state index contributed by atoms with van der Waals surface area (Å²) < 4.78 is 5.21. The molecule has 0 aromatic heterocycles. The Bertz CT molecular complexity index is 922. The first-order valence-corrected chi connectivity index (χ1v) is 10.8. The van der Waals surface area contributed by atoms with Gasteiger partial charge in [0.05, 0.1) is 13.7 Å². The zero-order valence-electron chi connectivity index (χ0n) is 17.1. The molecule has 2 fully saturated rings. The maximum atomic E-state index is 13.0. The monoisotopic (exact) mass is 391 g/mol. The van der Waals surface area contributed by atoms with Gasteiger partial charge in [-0.2, -0.15) is 0 Å². The van der Waals surface area contributed by atoms with Gasteiger partial charge < -0.3 is 9.84 Å². The molecular formula is C25H29NO3. The normalized spacial score (nSPS) is 28.3. The minimum Gasteiger partial charge on any atom is -0.508 e. The minimum absolute atomic E-state index is 0.187. The van der Waals surface area contributed by atoms with Crippen LogP contribution in [0.1, 0.15) is 53.6 Å². The Morgan fingerprint density at radius 1 is 1.17 bits per heavy atom. The van der Waals surface area contributed by atoms with Crippen LogP contribution in [0.5, 0.6) is 11.5 Å². The van der Waals surface area contributed by atoms with E-state index in [0.29, 0.717) is 24.3 Å². The number of ether oxygens (including phenoxy) is 1. The summed E-state index contributed by atoms with van der Waals surface area (Å²) in [5.41, 5.74) is 3.70. The van der Waals surface area contributed by atoms with Crippen LogP contribution in [0.2, 0.25) is 0 Å². The number of benzene rings is 2. The van der Waals surface area contributed by atoms with Crippen LogP contribution in [0, 0.1) is 5.92 Å². The van der Waals surface area contributed by atoms with Crippen LogP contribution in [0.3, 0.4) is 0 Å². The fraction of sp³-hybridized carbons (Fsp3) is 0.480. The molecule has 2 aromatic carbocycles. The maximum Gasteiger partial charge on any atom is 0.176 e. The first-order chi connectivity index (χ1) is 14.1. The van der Waals surface area contributed by atoms with Crippen molar-refractivity contribution in [2.45, 2.75) is 50.0 Å². The van der Waals surface area contributed by atoms with Gasteiger partial charge in [0.25, 0.3) is 0 Å². The number of nitrogens with zero attached hydrogens (tertiary/aromatic N) is 1. The summed E-state index contributed by atoms with van der Waals surface area (Å²) in [4.78, 5) is 15.4. The van der Waals surface area contributed by atoms with Crippen LogP contribution in [0.15, 0.2) is 42.5 Å². The van der Waals surface area contributed by atoms with Gasteiger partial charge in [-0.25, -0.2) is 0 Å². The lowest BCUT2D eigenvalue weighted by molar-refractivity contribution is -0.00848. The molecule has 1 heterocycles. The van der Waals surface area contributed by atoms with E-state index in [9.17, 15) is 9.90 Å². The fourth-order valence-corrected chi connectivity index (χ4v) is 6.32. The average Bonchev–Trinajstić information content (AvgIpc) is 2.76. The molecule has 4 heteroatoms.